The Morgan fingerprint density at radius 2 is 1.86 bits per heavy atom. The van der Waals surface area contributed by atoms with Crippen molar-refractivity contribution in [3.05, 3.63) is 64.3 Å². The van der Waals surface area contributed by atoms with E-state index in [1.54, 1.807) is 6.07 Å². The first-order chi connectivity index (χ1) is 13.9. The highest BCUT2D eigenvalue weighted by atomic mass is 16.2. The molecule has 0 spiro atoms. The average Bonchev–Trinajstić information content (AvgIpc) is 3.12. The van der Waals surface area contributed by atoms with Crippen molar-refractivity contribution in [2.45, 2.75) is 19.3 Å². The largest absolute Gasteiger partial charge is 0.399 e. The van der Waals surface area contributed by atoms with Gasteiger partial charge in [-0.25, -0.2) is 0 Å². The molecule has 1 aliphatic heterocycles. The fourth-order valence-electron chi connectivity index (χ4n) is 4.63. The van der Waals surface area contributed by atoms with Crippen LogP contribution in [-0.2, 0) is 5.41 Å². The summed E-state index contributed by atoms with van der Waals surface area (Å²) in [6.45, 7) is 7.20. The molecule has 1 amide bonds. The zero-order valence-electron chi connectivity index (χ0n) is 16.6. The predicted molar refractivity (Wildman–Crippen MR) is 113 cm³/mol. The first kappa shape index (κ1) is 17.9. The van der Waals surface area contributed by atoms with E-state index >= 15 is 0 Å². The number of aromatic amines is 1. The highest BCUT2D eigenvalue weighted by Gasteiger charge is 2.40. The van der Waals surface area contributed by atoms with Crippen molar-refractivity contribution in [2.75, 3.05) is 31.9 Å². The second-order valence-electron chi connectivity index (χ2n) is 8.44. The third-order valence-corrected chi connectivity index (χ3v) is 6.26. The lowest BCUT2D eigenvalue weighted by molar-refractivity contribution is 0.0735. The SMILES string of the molecule is CC1(C)c2cc(C(=O)N3CCNCC3)ccc2C(=O)c2c1[nH]c1cc(N)ccc21. The fourth-order valence-corrected chi connectivity index (χ4v) is 4.63. The Balaban J connectivity index is 1.64. The zero-order chi connectivity index (χ0) is 20.3. The van der Waals surface area contributed by atoms with Crippen molar-refractivity contribution in [2.24, 2.45) is 0 Å². The van der Waals surface area contributed by atoms with Gasteiger partial charge in [0.25, 0.3) is 5.91 Å². The van der Waals surface area contributed by atoms with E-state index in [9.17, 15) is 9.59 Å². The van der Waals surface area contributed by atoms with E-state index in [1.807, 2.05) is 35.2 Å². The Bertz CT molecular complexity index is 1170. The van der Waals surface area contributed by atoms with Crippen LogP contribution < -0.4 is 11.1 Å². The lowest BCUT2D eigenvalue weighted by atomic mass is 9.71. The lowest BCUT2D eigenvalue weighted by Crippen LogP contribution is -2.46. The number of nitrogens with one attached hydrogen (secondary N) is 2. The third-order valence-electron chi connectivity index (χ3n) is 6.26. The van der Waals surface area contributed by atoms with Crippen molar-refractivity contribution in [1.29, 1.82) is 0 Å². The molecule has 1 aromatic heterocycles. The fraction of sp³-hybridized carbons (Fsp3) is 0.304. The van der Waals surface area contributed by atoms with E-state index in [0.29, 0.717) is 35.5 Å². The van der Waals surface area contributed by atoms with Crippen LogP contribution in [0.3, 0.4) is 0 Å². The lowest BCUT2D eigenvalue weighted by Gasteiger charge is -2.33. The number of hydrogen-bond donors (Lipinski definition) is 3. The molecule has 2 aliphatic rings. The summed E-state index contributed by atoms with van der Waals surface area (Å²) in [5, 5.41) is 4.15. The van der Waals surface area contributed by atoms with Gasteiger partial charge in [0.1, 0.15) is 0 Å². The highest BCUT2D eigenvalue weighted by molar-refractivity contribution is 6.20. The molecule has 0 bridgehead atoms. The molecule has 1 saturated heterocycles. The van der Waals surface area contributed by atoms with Gasteiger partial charge in [0.05, 0.1) is 5.56 Å². The van der Waals surface area contributed by atoms with Gasteiger partial charge < -0.3 is 20.9 Å². The first-order valence-electron chi connectivity index (χ1n) is 9.99. The Kier molecular flexibility index (Phi) is 3.83. The summed E-state index contributed by atoms with van der Waals surface area (Å²) in [4.78, 5) is 31.7. The molecule has 2 aromatic carbocycles. The van der Waals surface area contributed by atoms with Crippen molar-refractivity contribution < 1.29 is 9.59 Å². The van der Waals surface area contributed by atoms with E-state index in [2.05, 4.69) is 24.1 Å². The summed E-state index contributed by atoms with van der Waals surface area (Å²) in [7, 11) is 0. The number of amides is 1. The number of rotatable bonds is 1. The van der Waals surface area contributed by atoms with E-state index in [4.69, 9.17) is 5.73 Å². The first-order valence-corrected chi connectivity index (χ1v) is 9.99. The number of ketones is 1. The number of carbonyl (C=O) groups excluding carboxylic acids is 2. The van der Waals surface area contributed by atoms with Crippen LogP contribution in [0.4, 0.5) is 5.69 Å². The minimum absolute atomic E-state index is 0.00785. The predicted octanol–water partition coefficient (Wildman–Crippen LogP) is 2.67. The molecular weight excluding hydrogens is 364 g/mol. The number of fused-ring (bicyclic) bond motifs is 4. The number of nitrogens with two attached hydrogens (primary N) is 1. The van der Waals surface area contributed by atoms with Crippen LogP contribution in [0.5, 0.6) is 0 Å². The van der Waals surface area contributed by atoms with Gasteiger partial charge in [-0.2, -0.15) is 0 Å². The molecule has 5 rings (SSSR count). The van der Waals surface area contributed by atoms with Crippen molar-refractivity contribution in [3.63, 3.8) is 0 Å². The number of aromatic nitrogens is 1. The van der Waals surface area contributed by atoms with Gasteiger partial charge in [-0.05, 0) is 35.9 Å². The molecular formula is C23H24N4O2. The zero-order valence-corrected chi connectivity index (χ0v) is 16.6. The van der Waals surface area contributed by atoms with Gasteiger partial charge in [0.2, 0.25) is 0 Å². The maximum absolute atomic E-state index is 13.4. The van der Waals surface area contributed by atoms with Gasteiger partial charge in [-0.3, -0.25) is 9.59 Å². The van der Waals surface area contributed by atoms with Gasteiger partial charge in [-0.15, -0.1) is 0 Å². The standard InChI is InChI=1S/C23H24N4O2/c1-23(2)17-11-13(22(29)27-9-7-25-8-10-27)3-5-15(17)20(28)19-16-6-4-14(24)12-18(16)26-21(19)23/h3-6,11-12,25-26H,7-10,24H2,1-2H3. The van der Waals surface area contributed by atoms with E-state index in [0.717, 1.165) is 35.2 Å². The van der Waals surface area contributed by atoms with Gasteiger partial charge in [0.15, 0.2) is 5.78 Å². The number of anilines is 1. The van der Waals surface area contributed by atoms with E-state index in [-0.39, 0.29) is 11.7 Å². The summed E-state index contributed by atoms with van der Waals surface area (Å²) in [6.07, 6.45) is 0. The van der Waals surface area contributed by atoms with Crippen LogP contribution in [0.1, 0.15) is 51.4 Å². The minimum Gasteiger partial charge on any atom is -0.399 e. The topological polar surface area (TPSA) is 91.2 Å². The van der Waals surface area contributed by atoms with E-state index < -0.39 is 5.41 Å². The number of hydrogen-bond acceptors (Lipinski definition) is 4. The van der Waals surface area contributed by atoms with E-state index in [1.165, 1.54) is 0 Å². The van der Waals surface area contributed by atoms with Crippen LogP contribution in [0.2, 0.25) is 0 Å². The van der Waals surface area contributed by atoms with Crippen molar-refractivity contribution >= 4 is 28.3 Å². The molecule has 0 saturated carbocycles. The summed E-state index contributed by atoms with van der Waals surface area (Å²) in [6, 6.07) is 11.1. The quantitative estimate of drug-likeness (QED) is 0.559. The molecule has 6 nitrogen and oxygen atoms in total. The van der Waals surface area contributed by atoms with Gasteiger partial charge in [-0.1, -0.05) is 19.9 Å². The van der Waals surface area contributed by atoms with Crippen LogP contribution in [-0.4, -0.2) is 47.8 Å². The summed E-state index contributed by atoms with van der Waals surface area (Å²) in [5.74, 6) is 0.0132. The van der Waals surface area contributed by atoms with Gasteiger partial charge in [0, 0.05) is 65.0 Å². The summed E-state index contributed by atoms with van der Waals surface area (Å²) in [5.41, 5.74) is 10.8. The Hall–Kier alpha value is -3.12. The maximum atomic E-state index is 13.4. The summed E-state index contributed by atoms with van der Waals surface area (Å²) < 4.78 is 0. The number of benzene rings is 2. The molecule has 0 radical (unpaired) electrons. The molecule has 4 N–H and O–H groups in total. The molecule has 2 heterocycles. The van der Waals surface area contributed by atoms with Crippen LogP contribution in [0, 0.1) is 0 Å². The molecule has 0 atom stereocenters. The number of H-pyrrole nitrogens is 1. The second-order valence-corrected chi connectivity index (χ2v) is 8.44. The van der Waals surface area contributed by atoms with Crippen LogP contribution in [0.25, 0.3) is 10.9 Å². The van der Waals surface area contributed by atoms with Crippen molar-refractivity contribution in [1.82, 2.24) is 15.2 Å². The number of carbonyl (C=O) groups is 2. The molecule has 148 valence electrons. The second kappa shape index (κ2) is 6.19. The Morgan fingerprint density at radius 3 is 2.62 bits per heavy atom. The monoisotopic (exact) mass is 388 g/mol. The highest BCUT2D eigenvalue weighted by Crippen LogP contribution is 2.44. The minimum atomic E-state index is -0.438. The molecule has 29 heavy (non-hydrogen) atoms. The number of piperazine rings is 1. The maximum Gasteiger partial charge on any atom is 0.253 e. The summed E-state index contributed by atoms with van der Waals surface area (Å²) >= 11 is 0. The normalized spacial score (nSPS) is 17.9. The molecule has 3 aromatic rings. The number of nitrogen functional groups attached to an aromatic ring is 1. The average molecular weight is 388 g/mol. The molecule has 0 unspecified atom stereocenters. The molecule has 1 aliphatic carbocycles. The number of nitrogens with zero attached hydrogens (tertiary/aromatic N) is 1. The smallest absolute Gasteiger partial charge is 0.253 e. The van der Waals surface area contributed by atoms with Gasteiger partial charge >= 0.3 is 0 Å². The van der Waals surface area contributed by atoms with Crippen molar-refractivity contribution in [3.8, 4) is 0 Å². The molecule has 6 heteroatoms. The Morgan fingerprint density at radius 1 is 1.10 bits per heavy atom. The third kappa shape index (κ3) is 2.59. The van der Waals surface area contributed by atoms with Crippen LogP contribution in [0.15, 0.2) is 36.4 Å². The Labute approximate surface area is 169 Å². The molecule has 1 fully saturated rings. The van der Waals surface area contributed by atoms with Crippen LogP contribution >= 0.6 is 0 Å².